The molecule has 0 unspecified atom stereocenters. The third-order valence-corrected chi connectivity index (χ3v) is 2.26. The van der Waals surface area contributed by atoms with Crippen LogP contribution in [0.2, 0.25) is 5.28 Å². The van der Waals surface area contributed by atoms with E-state index in [1.165, 1.54) is 0 Å². The zero-order valence-corrected chi connectivity index (χ0v) is 9.36. The van der Waals surface area contributed by atoms with Gasteiger partial charge in [0.15, 0.2) is 0 Å². The summed E-state index contributed by atoms with van der Waals surface area (Å²) in [5.74, 6) is 1.73. The minimum atomic E-state index is 0.265. The van der Waals surface area contributed by atoms with Gasteiger partial charge in [-0.25, -0.2) is 9.97 Å². The van der Waals surface area contributed by atoms with Crippen molar-refractivity contribution < 1.29 is 0 Å². The van der Waals surface area contributed by atoms with E-state index in [1.54, 1.807) is 6.20 Å². The molecule has 0 aliphatic carbocycles. The first-order chi connectivity index (χ1) is 7.20. The van der Waals surface area contributed by atoms with E-state index >= 15 is 0 Å². The van der Waals surface area contributed by atoms with Crippen LogP contribution in [-0.2, 0) is 6.42 Å². The van der Waals surface area contributed by atoms with E-state index in [9.17, 15) is 0 Å². The molecule has 0 aliphatic heterocycles. The summed E-state index contributed by atoms with van der Waals surface area (Å²) in [5, 5.41) is 0.265. The van der Waals surface area contributed by atoms with Crippen molar-refractivity contribution in [2.45, 2.75) is 20.3 Å². The maximum absolute atomic E-state index is 5.81. The highest BCUT2D eigenvalue weighted by Crippen LogP contribution is 2.12. The highest BCUT2D eigenvalue weighted by atomic mass is 35.5. The van der Waals surface area contributed by atoms with Crippen LogP contribution in [0, 0.1) is 6.92 Å². The lowest BCUT2D eigenvalue weighted by atomic mass is 10.4. The Morgan fingerprint density at radius 3 is 2.87 bits per heavy atom. The normalized spacial score (nSPS) is 10.6. The van der Waals surface area contributed by atoms with E-state index < -0.39 is 0 Å². The molecule has 5 heteroatoms. The molecule has 2 heterocycles. The van der Waals surface area contributed by atoms with Gasteiger partial charge in [0, 0.05) is 30.6 Å². The van der Waals surface area contributed by atoms with Gasteiger partial charge in [0.2, 0.25) is 5.28 Å². The number of rotatable bonds is 2. The zero-order valence-electron chi connectivity index (χ0n) is 8.61. The van der Waals surface area contributed by atoms with Crippen molar-refractivity contribution in [3.8, 4) is 5.82 Å². The van der Waals surface area contributed by atoms with Gasteiger partial charge in [-0.05, 0) is 18.5 Å². The van der Waals surface area contributed by atoms with Gasteiger partial charge in [-0.3, -0.25) is 4.57 Å². The zero-order chi connectivity index (χ0) is 10.8. The molecule has 2 aromatic heterocycles. The van der Waals surface area contributed by atoms with Gasteiger partial charge >= 0.3 is 0 Å². The summed E-state index contributed by atoms with van der Waals surface area (Å²) in [4.78, 5) is 12.4. The van der Waals surface area contributed by atoms with Crippen LogP contribution in [-0.4, -0.2) is 19.5 Å². The number of nitrogens with zero attached hydrogens (tertiary/aromatic N) is 4. The predicted octanol–water partition coefficient (Wildman–Crippen LogP) is 2.19. The lowest BCUT2D eigenvalue weighted by Gasteiger charge is -2.06. The number of imidazole rings is 1. The van der Waals surface area contributed by atoms with Crippen molar-refractivity contribution in [3.63, 3.8) is 0 Å². The van der Waals surface area contributed by atoms with Crippen LogP contribution in [0.25, 0.3) is 5.82 Å². The van der Waals surface area contributed by atoms with Crippen LogP contribution in [0.5, 0.6) is 0 Å². The van der Waals surface area contributed by atoms with Crippen LogP contribution in [0.4, 0.5) is 0 Å². The second-order valence-electron chi connectivity index (χ2n) is 3.20. The number of aryl methyl sites for hydroxylation is 2. The van der Waals surface area contributed by atoms with E-state index in [1.807, 2.05) is 23.8 Å². The van der Waals surface area contributed by atoms with E-state index in [2.05, 4.69) is 21.9 Å². The maximum Gasteiger partial charge on any atom is 0.224 e. The van der Waals surface area contributed by atoms with Gasteiger partial charge in [0.1, 0.15) is 11.6 Å². The summed E-state index contributed by atoms with van der Waals surface area (Å²) < 4.78 is 1.92. The van der Waals surface area contributed by atoms with E-state index in [4.69, 9.17) is 11.6 Å². The van der Waals surface area contributed by atoms with Gasteiger partial charge < -0.3 is 0 Å². The molecule has 0 aliphatic rings. The molecule has 2 aromatic rings. The highest BCUT2D eigenvalue weighted by molar-refractivity contribution is 6.28. The number of hydrogen-bond donors (Lipinski definition) is 0. The summed E-state index contributed by atoms with van der Waals surface area (Å²) in [6.07, 6.45) is 4.48. The van der Waals surface area contributed by atoms with Gasteiger partial charge in [-0.1, -0.05) is 6.92 Å². The van der Waals surface area contributed by atoms with Crippen molar-refractivity contribution in [2.24, 2.45) is 0 Å². The van der Waals surface area contributed by atoms with E-state index in [-0.39, 0.29) is 5.28 Å². The smallest absolute Gasteiger partial charge is 0.224 e. The first-order valence-electron chi connectivity index (χ1n) is 4.74. The Morgan fingerprint density at radius 2 is 2.20 bits per heavy atom. The average Bonchev–Trinajstić information content (AvgIpc) is 2.63. The Hall–Kier alpha value is -1.42. The molecular weight excluding hydrogens is 212 g/mol. The van der Waals surface area contributed by atoms with E-state index in [0.29, 0.717) is 0 Å². The second-order valence-corrected chi connectivity index (χ2v) is 3.54. The molecule has 0 aromatic carbocycles. The summed E-state index contributed by atoms with van der Waals surface area (Å²) >= 11 is 5.81. The number of halogens is 1. The quantitative estimate of drug-likeness (QED) is 0.732. The van der Waals surface area contributed by atoms with Crippen LogP contribution >= 0.6 is 11.6 Å². The highest BCUT2D eigenvalue weighted by Gasteiger charge is 2.06. The lowest BCUT2D eigenvalue weighted by Crippen LogP contribution is -2.03. The van der Waals surface area contributed by atoms with Gasteiger partial charge in [-0.15, -0.1) is 0 Å². The van der Waals surface area contributed by atoms with Crippen molar-refractivity contribution in [3.05, 3.63) is 35.3 Å². The molecule has 0 saturated heterocycles. The first kappa shape index (κ1) is 10.1. The fourth-order valence-electron chi connectivity index (χ4n) is 1.44. The Balaban J connectivity index is 2.53. The summed E-state index contributed by atoms with van der Waals surface area (Å²) in [6, 6.07) is 1.88. The largest absolute Gasteiger partial charge is 0.288 e. The van der Waals surface area contributed by atoms with Crippen LogP contribution < -0.4 is 0 Å². The Morgan fingerprint density at radius 1 is 1.40 bits per heavy atom. The molecule has 0 N–H and O–H groups in total. The molecule has 78 valence electrons. The third-order valence-electron chi connectivity index (χ3n) is 2.09. The molecular formula is C10H11ClN4. The molecule has 0 atom stereocenters. The van der Waals surface area contributed by atoms with Crippen molar-refractivity contribution in [1.82, 2.24) is 19.5 Å². The standard InChI is InChI=1S/C10H11ClN4/c1-3-8-12-4-5-15(8)9-6-7(2)13-10(11)14-9/h4-6H,3H2,1-2H3. The van der Waals surface area contributed by atoms with Gasteiger partial charge in [0.25, 0.3) is 0 Å². The van der Waals surface area contributed by atoms with Crippen molar-refractivity contribution in [1.29, 1.82) is 0 Å². The SMILES string of the molecule is CCc1nccn1-c1cc(C)nc(Cl)n1. The van der Waals surface area contributed by atoms with Crippen molar-refractivity contribution >= 4 is 11.6 Å². The van der Waals surface area contributed by atoms with Crippen molar-refractivity contribution in [2.75, 3.05) is 0 Å². The Bertz CT molecular complexity index is 458. The van der Waals surface area contributed by atoms with E-state index in [0.717, 1.165) is 23.8 Å². The molecule has 0 fully saturated rings. The minimum Gasteiger partial charge on any atom is -0.288 e. The Kier molecular flexibility index (Phi) is 2.68. The van der Waals surface area contributed by atoms with Crippen LogP contribution in [0.3, 0.4) is 0 Å². The second kappa shape index (κ2) is 3.98. The van der Waals surface area contributed by atoms with Crippen LogP contribution in [0.15, 0.2) is 18.5 Å². The summed E-state index contributed by atoms with van der Waals surface area (Å²) in [6.45, 7) is 3.94. The van der Waals surface area contributed by atoms with Gasteiger partial charge in [-0.2, -0.15) is 4.98 Å². The fourth-order valence-corrected chi connectivity index (χ4v) is 1.66. The monoisotopic (exact) mass is 222 g/mol. The molecule has 0 saturated carbocycles. The first-order valence-corrected chi connectivity index (χ1v) is 5.12. The molecule has 15 heavy (non-hydrogen) atoms. The van der Waals surface area contributed by atoms with Gasteiger partial charge in [0.05, 0.1) is 0 Å². The maximum atomic E-state index is 5.81. The fraction of sp³-hybridized carbons (Fsp3) is 0.300. The molecule has 0 amide bonds. The minimum absolute atomic E-state index is 0.265. The molecule has 4 nitrogen and oxygen atoms in total. The molecule has 2 rings (SSSR count). The predicted molar refractivity (Wildman–Crippen MR) is 58.3 cm³/mol. The third kappa shape index (κ3) is 1.99. The summed E-state index contributed by atoms with van der Waals surface area (Å²) in [7, 11) is 0. The summed E-state index contributed by atoms with van der Waals surface area (Å²) in [5.41, 5.74) is 0.848. The lowest BCUT2D eigenvalue weighted by molar-refractivity contribution is 0.857. The average molecular weight is 223 g/mol. The molecule has 0 spiro atoms. The number of aromatic nitrogens is 4. The molecule has 0 radical (unpaired) electrons. The topological polar surface area (TPSA) is 43.6 Å². The Labute approximate surface area is 93.0 Å². The molecule has 0 bridgehead atoms. The number of hydrogen-bond acceptors (Lipinski definition) is 3. The van der Waals surface area contributed by atoms with Crippen LogP contribution in [0.1, 0.15) is 18.4 Å².